The van der Waals surface area contributed by atoms with Gasteiger partial charge in [0.1, 0.15) is 0 Å². The molecule has 4 nitrogen and oxygen atoms in total. The van der Waals surface area contributed by atoms with Crippen molar-refractivity contribution in [2.45, 2.75) is 45.3 Å². The number of aliphatic hydroxyl groups excluding tert-OH is 1. The van der Waals surface area contributed by atoms with E-state index >= 15 is 0 Å². The summed E-state index contributed by atoms with van der Waals surface area (Å²) in [6.45, 7) is 4.83. The summed E-state index contributed by atoms with van der Waals surface area (Å²) in [4.78, 5) is 11.3. The molecule has 2 unspecified atom stereocenters. The average Bonchev–Trinajstić information content (AvgIpc) is 2.15. The van der Waals surface area contributed by atoms with Crippen molar-refractivity contribution in [1.82, 2.24) is 0 Å². The summed E-state index contributed by atoms with van der Waals surface area (Å²) in [5.41, 5.74) is 0. The lowest BCUT2D eigenvalue weighted by Gasteiger charge is -2.27. The molecule has 88 valence electrons. The van der Waals surface area contributed by atoms with E-state index in [1.165, 1.54) is 0 Å². The van der Waals surface area contributed by atoms with Gasteiger partial charge in [0.25, 0.3) is 0 Å². The number of carbonyl (C=O) groups is 1. The second kappa shape index (κ2) is 6.08. The predicted octanol–water partition coefficient (Wildman–Crippen LogP) is 1.12. The topological polar surface area (TPSA) is 55.8 Å². The van der Waals surface area contributed by atoms with Gasteiger partial charge in [0.2, 0.25) is 0 Å². The summed E-state index contributed by atoms with van der Waals surface area (Å²) < 4.78 is 10.3. The number of esters is 1. The van der Waals surface area contributed by atoms with Crippen LogP contribution in [0.2, 0.25) is 0 Å². The van der Waals surface area contributed by atoms with Gasteiger partial charge in [-0.05, 0) is 26.7 Å². The lowest BCUT2D eigenvalue weighted by molar-refractivity contribution is -0.148. The van der Waals surface area contributed by atoms with Gasteiger partial charge >= 0.3 is 5.97 Å². The first-order valence-corrected chi connectivity index (χ1v) is 5.55. The SMILES string of the molecule is CC(C)OC(=O)CCC1COCCC1O. The number of ether oxygens (including phenoxy) is 2. The maximum Gasteiger partial charge on any atom is 0.306 e. The van der Waals surface area contributed by atoms with Crippen molar-refractivity contribution in [3.63, 3.8) is 0 Å². The molecule has 1 aliphatic rings. The Morgan fingerprint density at radius 3 is 2.93 bits per heavy atom. The smallest absolute Gasteiger partial charge is 0.306 e. The van der Waals surface area contributed by atoms with E-state index in [9.17, 15) is 9.90 Å². The minimum atomic E-state index is -0.328. The molecule has 0 aliphatic carbocycles. The van der Waals surface area contributed by atoms with E-state index < -0.39 is 0 Å². The van der Waals surface area contributed by atoms with Crippen molar-refractivity contribution in [2.24, 2.45) is 5.92 Å². The fraction of sp³-hybridized carbons (Fsp3) is 0.909. The third-order valence-electron chi connectivity index (χ3n) is 2.52. The van der Waals surface area contributed by atoms with Crippen molar-refractivity contribution < 1.29 is 19.4 Å². The van der Waals surface area contributed by atoms with Gasteiger partial charge in [-0.15, -0.1) is 0 Å². The Morgan fingerprint density at radius 1 is 1.60 bits per heavy atom. The molecule has 0 aromatic carbocycles. The van der Waals surface area contributed by atoms with Crippen LogP contribution in [0.15, 0.2) is 0 Å². The van der Waals surface area contributed by atoms with Crippen LogP contribution < -0.4 is 0 Å². The Kier molecular flexibility index (Phi) is 5.05. The third-order valence-corrected chi connectivity index (χ3v) is 2.52. The first-order chi connectivity index (χ1) is 7.09. The molecule has 1 saturated heterocycles. The summed E-state index contributed by atoms with van der Waals surface area (Å²) in [6, 6.07) is 0. The zero-order valence-electron chi connectivity index (χ0n) is 9.44. The van der Waals surface area contributed by atoms with Crippen LogP contribution >= 0.6 is 0 Å². The number of hydrogen-bond donors (Lipinski definition) is 1. The predicted molar refractivity (Wildman–Crippen MR) is 55.4 cm³/mol. The molecular formula is C11H20O4. The molecule has 15 heavy (non-hydrogen) atoms. The van der Waals surface area contributed by atoms with Crippen molar-refractivity contribution >= 4 is 5.97 Å². The fourth-order valence-corrected chi connectivity index (χ4v) is 1.69. The molecule has 0 bridgehead atoms. The zero-order valence-corrected chi connectivity index (χ0v) is 9.44. The zero-order chi connectivity index (χ0) is 11.3. The number of rotatable bonds is 4. The molecule has 0 amide bonds. The first kappa shape index (κ1) is 12.5. The summed E-state index contributed by atoms with van der Waals surface area (Å²) >= 11 is 0. The Hall–Kier alpha value is -0.610. The Balaban J connectivity index is 2.20. The van der Waals surface area contributed by atoms with Crippen LogP contribution in [-0.4, -0.2) is 36.5 Å². The van der Waals surface area contributed by atoms with E-state index in [-0.39, 0.29) is 24.1 Å². The number of hydrogen-bond acceptors (Lipinski definition) is 4. The van der Waals surface area contributed by atoms with Gasteiger partial charge in [0, 0.05) is 18.9 Å². The van der Waals surface area contributed by atoms with Gasteiger partial charge in [-0.25, -0.2) is 0 Å². The highest BCUT2D eigenvalue weighted by Gasteiger charge is 2.24. The average molecular weight is 216 g/mol. The molecule has 0 spiro atoms. The van der Waals surface area contributed by atoms with Crippen LogP contribution in [0.3, 0.4) is 0 Å². The maximum absolute atomic E-state index is 11.3. The van der Waals surface area contributed by atoms with E-state index in [1.54, 1.807) is 0 Å². The lowest BCUT2D eigenvalue weighted by atomic mass is 9.94. The van der Waals surface area contributed by atoms with Crippen LogP contribution in [0.1, 0.15) is 33.1 Å². The molecule has 1 heterocycles. The molecule has 0 radical (unpaired) electrons. The molecular weight excluding hydrogens is 196 g/mol. The van der Waals surface area contributed by atoms with Crippen molar-refractivity contribution in [3.8, 4) is 0 Å². The number of aliphatic hydroxyl groups is 1. The van der Waals surface area contributed by atoms with Gasteiger partial charge in [-0.1, -0.05) is 0 Å². The van der Waals surface area contributed by atoms with Gasteiger partial charge in [-0.3, -0.25) is 4.79 Å². The molecule has 1 rings (SSSR count). The summed E-state index contributed by atoms with van der Waals surface area (Å²) in [7, 11) is 0. The highest BCUT2D eigenvalue weighted by molar-refractivity contribution is 5.69. The minimum absolute atomic E-state index is 0.0648. The summed E-state index contributed by atoms with van der Waals surface area (Å²) in [5, 5.41) is 9.63. The maximum atomic E-state index is 11.3. The monoisotopic (exact) mass is 216 g/mol. The van der Waals surface area contributed by atoms with Crippen molar-refractivity contribution in [1.29, 1.82) is 0 Å². The summed E-state index contributed by atoms with van der Waals surface area (Å²) in [5.74, 6) is -0.110. The number of carbonyl (C=O) groups excluding carboxylic acids is 1. The Morgan fingerprint density at radius 2 is 2.33 bits per heavy atom. The van der Waals surface area contributed by atoms with Gasteiger partial charge < -0.3 is 14.6 Å². The van der Waals surface area contributed by atoms with Crippen LogP contribution in [0, 0.1) is 5.92 Å². The highest BCUT2D eigenvalue weighted by atomic mass is 16.5. The van der Waals surface area contributed by atoms with E-state index in [2.05, 4.69) is 0 Å². The van der Waals surface area contributed by atoms with Crippen LogP contribution in [0.4, 0.5) is 0 Å². The van der Waals surface area contributed by atoms with Gasteiger partial charge in [-0.2, -0.15) is 0 Å². The van der Waals surface area contributed by atoms with Gasteiger partial charge in [0.15, 0.2) is 0 Å². The standard InChI is InChI=1S/C11H20O4/c1-8(2)15-11(13)4-3-9-7-14-6-5-10(9)12/h8-10,12H,3-7H2,1-2H3. The van der Waals surface area contributed by atoms with Gasteiger partial charge in [0.05, 0.1) is 18.8 Å². The second-order valence-corrected chi connectivity index (χ2v) is 4.27. The molecule has 2 atom stereocenters. The quantitative estimate of drug-likeness (QED) is 0.715. The molecule has 1 N–H and O–H groups in total. The van der Waals surface area contributed by atoms with Crippen LogP contribution in [0.5, 0.6) is 0 Å². The third kappa shape index (κ3) is 4.62. The van der Waals surface area contributed by atoms with E-state index in [0.29, 0.717) is 32.5 Å². The molecule has 1 aliphatic heterocycles. The molecule has 1 fully saturated rings. The van der Waals surface area contributed by atoms with Crippen LogP contribution in [-0.2, 0) is 14.3 Å². The lowest BCUT2D eigenvalue weighted by Crippen LogP contribution is -2.32. The molecule has 0 saturated carbocycles. The minimum Gasteiger partial charge on any atom is -0.463 e. The Labute approximate surface area is 90.6 Å². The molecule has 0 aromatic rings. The summed E-state index contributed by atoms with van der Waals surface area (Å²) in [6.07, 6.45) is 1.29. The molecule has 4 heteroatoms. The first-order valence-electron chi connectivity index (χ1n) is 5.55. The van der Waals surface area contributed by atoms with E-state index in [0.717, 1.165) is 0 Å². The van der Waals surface area contributed by atoms with E-state index in [4.69, 9.17) is 9.47 Å². The second-order valence-electron chi connectivity index (χ2n) is 4.27. The van der Waals surface area contributed by atoms with Crippen molar-refractivity contribution in [3.05, 3.63) is 0 Å². The van der Waals surface area contributed by atoms with Crippen molar-refractivity contribution in [2.75, 3.05) is 13.2 Å². The van der Waals surface area contributed by atoms with E-state index in [1.807, 2.05) is 13.8 Å². The van der Waals surface area contributed by atoms with Crippen LogP contribution in [0.25, 0.3) is 0 Å². The fourth-order valence-electron chi connectivity index (χ4n) is 1.69. The largest absolute Gasteiger partial charge is 0.463 e. The normalized spacial score (nSPS) is 26.7. The molecule has 0 aromatic heterocycles. The Bertz CT molecular complexity index is 203. The highest BCUT2D eigenvalue weighted by Crippen LogP contribution is 2.19.